The van der Waals surface area contributed by atoms with E-state index in [1.165, 1.54) is 12.8 Å². The number of nitrogens with one attached hydrogen (secondary N) is 2. The normalized spacial score (nSPS) is 17.8. The van der Waals surface area contributed by atoms with Gasteiger partial charge in [0.05, 0.1) is 17.3 Å². The molecule has 2 unspecified atom stereocenters. The van der Waals surface area contributed by atoms with Gasteiger partial charge in [0.1, 0.15) is 17.8 Å². The second-order valence-electron chi connectivity index (χ2n) is 10.0. The Bertz CT molecular complexity index is 1340. The number of hydrogen-bond donors (Lipinski definition) is 2. The zero-order valence-corrected chi connectivity index (χ0v) is 24.1. The summed E-state index contributed by atoms with van der Waals surface area (Å²) in [7, 11) is 0. The highest BCUT2D eigenvalue weighted by Gasteiger charge is 2.47. The molecule has 0 aromatic heterocycles. The van der Waals surface area contributed by atoms with Gasteiger partial charge in [-0.1, -0.05) is 80.9 Å². The summed E-state index contributed by atoms with van der Waals surface area (Å²) in [4.78, 5) is 41.6. The number of aryl methyl sites for hydroxylation is 1. The van der Waals surface area contributed by atoms with Crippen molar-refractivity contribution in [3.05, 3.63) is 94.5 Å². The van der Waals surface area contributed by atoms with E-state index >= 15 is 0 Å². The summed E-state index contributed by atoms with van der Waals surface area (Å²) in [6, 6.07) is 19.2. The molecule has 5 rings (SSSR count). The van der Waals surface area contributed by atoms with E-state index in [0.717, 1.165) is 21.8 Å². The molecule has 1 heterocycles. The molecule has 2 N–H and O–H groups in total. The van der Waals surface area contributed by atoms with Crippen LogP contribution >= 0.6 is 11.6 Å². The number of benzene rings is 3. The number of carbonyl (C=O) groups is 3. The molecule has 0 bridgehead atoms. The summed E-state index contributed by atoms with van der Waals surface area (Å²) in [5.74, 6) is -0.116. The SMILES string of the molecule is CC.Cc1ccc(NC(=O)C(C(C)c2ccccc2)N2C(=O)N[C@H](c3ccc(OCC4CC4)cc3)C2=O)c(Cl)c1. The van der Waals surface area contributed by atoms with Gasteiger partial charge in [-0.05, 0) is 66.6 Å². The molecule has 3 atom stereocenters. The second-order valence-corrected chi connectivity index (χ2v) is 10.4. The Morgan fingerprint density at radius 1 is 1.05 bits per heavy atom. The number of halogens is 1. The van der Waals surface area contributed by atoms with Gasteiger partial charge in [-0.25, -0.2) is 9.69 Å². The zero-order valence-electron chi connectivity index (χ0n) is 23.3. The lowest BCUT2D eigenvalue weighted by Crippen LogP contribution is -2.50. The largest absolute Gasteiger partial charge is 0.493 e. The smallest absolute Gasteiger partial charge is 0.325 e. The van der Waals surface area contributed by atoms with Crippen LogP contribution in [0.3, 0.4) is 0 Å². The van der Waals surface area contributed by atoms with Crippen LogP contribution in [0.15, 0.2) is 72.8 Å². The van der Waals surface area contributed by atoms with Crippen molar-refractivity contribution >= 4 is 35.1 Å². The van der Waals surface area contributed by atoms with Crippen LogP contribution in [0.4, 0.5) is 10.5 Å². The highest BCUT2D eigenvalue weighted by atomic mass is 35.5. The molecule has 40 heavy (non-hydrogen) atoms. The van der Waals surface area contributed by atoms with Crippen molar-refractivity contribution < 1.29 is 19.1 Å². The molecule has 0 spiro atoms. The van der Waals surface area contributed by atoms with Gasteiger partial charge < -0.3 is 15.4 Å². The van der Waals surface area contributed by atoms with Crippen LogP contribution in [-0.2, 0) is 9.59 Å². The van der Waals surface area contributed by atoms with Gasteiger partial charge in [0, 0.05) is 5.92 Å². The van der Waals surface area contributed by atoms with E-state index < -0.39 is 35.8 Å². The number of nitrogens with zero attached hydrogens (tertiary/aromatic N) is 1. The van der Waals surface area contributed by atoms with E-state index in [2.05, 4.69) is 10.6 Å². The average Bonchev–Trinajstić information content (AvgIpc) is 3.76. The summed E-state index contributed by atoms with van der Waals surface area (Å²) >= 11 is 6.37. The Hall–Kier alpha value is -3.84. The zero-order chi connectivity index (χ0) is 28.8. The minimum Gasteiger partial charge on any atom is -0.493 e. The van der Waals surface area contributed by atoms with E-state index in [4.69, 9.17) is 16.3 Å². The molecule has 210 valence electrons. The first kappa shape index (κ1) is 29.2. The lowest BCUT2D eigenvalue weighted by atomic mass is 9.91. The standard InChI is InChI=1S/C30H30ClN3O4.C2H6/c1-18-8-15-25(24(31)16-18)32-28(35)27(19(2)21-6-4-3-5-7-21)34-29(36)26(33-30(34)37)22-11-13-23(14-12-22)38-17-20-9-10-20;1-2/h3-8,11-16,19-20,26-27H,9-10,17H2,1-2H3,(H,32,35)(H,33,37);1-2H3/t19?,26-,27?;/m1./s1. The number of imide groups is 1. The molecule has 3 aromatic carbocycles. The van der Waals surface area contributed by atoms with Gasteiger partial charge in [0.25, 0.3) is 5.91 Å². The Morgan fingerprint density at radius 2 is 1.73 bits per heavy atom. The molecular weight excluding hydrogens is 526 g/mol. The highest BCUT2D eigenvalue weighted by Crippen LogP contribution is 2.33. The number of ether oxygens (including phenoxy) is 1. The topological polar surface area (TPSA) is 87.7 Å². The Balaban J connectivity index is 0.00000181. The number of carbonyl (C=O) groups excluding carboxylic acids is 3. The number of hydrogen-bond acceptors (Lipinski definition) is 4. The molecular formula is C32H36ClN3O4. The Morgan fingerprint density at radius 3 is 2.35 bits per heavy atom. The third-order valence-electron chi connectivity index (χ3n) is 7.10. The van der Waals surface area contributed by atoms with Gasteiger partial charge >= 0.3 is 6.03 Å². The Kier molecular flexibility index (Phi) is 9.48. The predicted molar refractivity (Wildman–Crippen MR) is 158 cm³/mol. The lowest BCUT2D eigenvalue weighted by molar-refractivity contribution is -0.134. The molecule has 1 saturated carbocycles. The molecule has 2 fully saturated rings. The number of amides is 4. The first-order valence-electron chi connectivity index (χ1n) is 13.8. The van der Waals surface area contributed by atoms with Crippen molar-refractivity contribution in [1.82, 2.24) is 10.2 Å². The molecule has 4 amide bonds. The summed E-state index contributed by atoms with van der Waals surface area (Å²) in [5, 5.41) is 5.98. The summed E-state index contributed by atoms with van der Waals surface area (Å²) in [6.07, 6.45) is 2.39. The van der Waals surface area contributed by atoms with Gasteiger partial charge in [0.15, 0.2) is 0 Å². The molecule has 0 radical (unpaired) electrons. The molecule has 7 nitrogen and oxygen atoms in total. The number of urea groups is 1. The van der Waals surface area contributed by atoms with Crippen LogP contribution in [0.1, 0.15) is 62.3 Å². The molecule has 8 heteroatoms. The maximum atomic E-state index is 13.7. The monoisotopic (exact) mass is 561 g/mol. The van der Waals surface area contributed by atoms with Gasteiger partial charge in [0.2, 0.25) is 5.91 Å². The quantitative estimate of drug-likeness (QED) is 0.279. The van der Waals surface area contributed by atoms with Crippen molar-refractivity contribution in [2.75, 3.05) is 11.9 Å². The predicted octanol–water partition coefficient (Wildman–Crippen LogP) is 6.87. The summed E-state index contributed by atoms with van der Waals surface area (Å²) < 4.78 is 5.79. The van der Waals surface area contributed by atoms with Gasteiger partial charge in [-0.2, -0.15) is 0 Å². The molecule has 1 saturated heterocycles. The summed E-state index contributed by atoms with van der Waals surface area (Å²) in [5.41, 5.74) is 2.81. The van der Waals surface area contributed by atoms with E-state index in [9.17, 15) is 14.4 Å². The fourth-order valence-corrected chi connectivity index (χ4v) is 4.96. The summed E-state index contributed by atoms with van der Waals surface area (Å²) in [6.45, 7) is 8.42. The molecule has 3 aromatic rings. The van der Waals surface area contributed by atoms with Crippen LogP contribution in [-0.4, -0.2) is 35.4 Å². The first-order chi connectivity index (χ1) is 19.3. The van der Waals surface area contributed by atoms with E-state index in [1.54, 1.807) is 36.4 Å². The van der Waals surface area contributed by atoms with Crippen molar-refractivity contribution in [3.8, 4) is 5.75 Å². The highest BCUT2D eigenvalue weighted by molar-refractivity contribution is 6.33. The minimum absolute atomic E-state index is 0.378. The van der Waals surface area contributed by atoms with Crippen molar-refractivity contribution in [2.45, 2.75) is 58.5 Å². The van der Waals surface area contributed by atoms with E-state index in [0.29, 0.717) is 28.8 Å². The number of rotatable bonds is 9. The fraction of sp³-hybridized carbons (Fsp3) is 0.344. The minimum atomic E-state index is -1.10. The van der Waals surface area contributed by atoms with Crippen LogP contribution in [0.5, 0.6) is 5.75 Å². The van der Waals surface area contributed by atoms with Crippen LogP contribution in [0.2, 0.25) is 5.02 Å². The van der Waals surface area contributed by atoms with Crippen molar-refractivity contribution in [2.24, 2.45) is 5.92 Å². The van der Waals surface area contributed by atoms with Crippen LogP contribution in [0, 0.1) is 12.8 Å². The average molecular weight is 562 g/mol. The van der Waals surface area contributed by atoms with Gasteiger partial charge in [-0.3, -0.25) is 9.59 Å². The second kappa shape index (κ2) is 13.0. The Labute approximate surface area is 240 Å². The van der Waals surface area contributed by atoms with Gasteiger partial charge in [-0.15, -0.1) is 0 Å². The number of anilines is 1. The molecule has 2 aliphatic rings. The van der Waals surface area contributed by atoms with Crippen LogP contribution < -0.4 is 15.4 Å². The van der Waals surface area contributed by atoms with Crippen LogP contribution in [0.25, 0.3) is 0 Å². The maximum Gasteiger partial charge on any atom is 0.325 e. The lowest BCUT2D eigenvalue weighted by Gasteiger charge is -2.30. The maximum absolute atomic E-state index is 13.7. The van der Waals surface area contributed by atoms with E-state index in [1.807, 2.05) is 64.1 Å². The first-order valence-corrected chi connectivity index (χ1v) is 14.2. The third-order valence-corrected chi connectivity index (χ3v) is 7.41. The molecule has 1 aliphatic carbocycles. The third kappa shape index (κ3) is 6.65. The fourth-order valence-electron chi connectivity index (χ4n) is 4.67. The van der Waals surface area contributed by atoms with E-state index in [-0.39, 0.29) is 0 Å². The van der Waals surface area contributed by atoms with Crippen molar-refractivity contribution in [3.63, 3.8) is 0 Å². The van der Waals surface area contributed by atoms with Crippen molar-refractivity contribution in [1.29, 1.82) is 0 Å². The molecule has 1 aliphatic heterocycles.